The zero-order chi connectivity index (χ0) is 55.0. The molecule has 0 aliphatic rings. The molecule has 76 heavy (non-hydrogen) atoms. The maximum Gasteiger partial charge on any atom is 0.309 e. The monoisotopic (exact) mass is 1050 g/mol. The van der Waals surface area contributed by atoms with Crippen LogP contribution in [0.5, 0.6) is 0 Å². The quantitative estimate of drug-likeness (QED) is 0.0261. The number of unbranched alkanes of at least 4 members (excludes halogenated alkanes) is 26. The minimum Gasteiger partial charge on any atom is -0.462 e. The van der Waals surface area contributed by atoms with Crippen LogP contribution in [0.2, 0.25) is 0 Å². The third-order valence-electron chi connectivity index (χ3n) is 13.2. The summed E-state index contributed by atoms with van der Waals surface area (Å²) in [6.45, 7) is 6.33. The first kappa shape index (κ1) is 71.8. The molecule has 6 heteroatoms. The van der Waals surface area contributed by atoms with Crippen LogP contribution in [0.1, 0.15) is 284 Å². The van der Waals surface area contributed by atoms with Crippen LogP contribution in [-0.2, 0) is 28.6 Å². The molecule has 0 fully saturated rings. The Hall–Kier alpha value is -4.19. The number of esters is 3. The van der Waals surface area contributed by atoms with Gasteiger partial charge in [0.2, 0.25) is 0 Å². The van der Waals surface area contributed by atoms with Crippen LogP contribution >= 0.6 is 0 Å². The van der Waals surface area contributed by atoms with Gasteiger partial charge in [-0.25, -0.2) is 0 Å². The summed E-state index contributed by atoms with van der Waals surface area (Å²) < 4.78 is 16.8. The average molecular weight is 1050 g/mol. The summed E-state index contributed by atoms with van der Waals surface area (Å²) in [6.07, 6.45) is 88.0. The van der Waals surface area contributed by atoms with Crippen LogP contribution in [0.3, 0.4) is 0 Å². The van der Waals surface area contributed by atoms with E-state index in [9.17, 15) is 14.4 Å². The third kappa shape index (κ3) is 60.7. The van der Waals surface area contributed by atoms with E-state index >= 15 is 0 Å². The second-order valence-corrected chi connectivity index (χ2v) is 20.6. The molecule has 0 aliphatic heterocycles. The Morgan fingerprint density at radius 1 is 0.289 bits per heavy atom. The van der Waals surface area contributed by atoms with E-state index in [2.05, 4.69) is 130 Å². The van der Waals surface area contributed by atoms with Crippen molar-refractivity contribution in [2.24, 2.45) is 0 Å². The number of ether oxygens (including phenoxy) is 3. The van der Waals surface area contributed by atoms with E-state index < -0.39 is 12.1 Å². The lowest BCUT2D eigenvalue weighted by atomic mass is 10.0. The van der Waals surface area contributed by atoms with Gasteiger partial charge in [-0.3, -0.25) is 14.4 Å². The third-order valence-corrected chi connectivity index (χ3v) is 13.2. The lowest BCUT2D eigenvalue weighted by Gasteiger charge is -2.18. The second kappa shape index (κ2) is 63.3. The van der Waals surface area contributed by atoms with Crippen molar-refractivity contribution in [2.45, 2.75) is 290 Å². The van der Waals surface area contributed by atoms with Gasteiger partial charge < -0.3 is 14.2 Å². The fraction of sp³-hybridized carbons (Fsp3) is 0.671. The van der Waals surface area contributed by atoms with Gasteiger partial charge in [0, 0.05) is 12.8 Å². The molecule has 0 spiro atoms. The van der Waals surface area contributed by atoms with Crippen LogP contribution in [0.4, 0.5) is 0 Å². The van der Waals surface area contributed by atoms with Gasteiger partial charge in [0.15, 0.2) is 6.10 Å². The molecular formula is C70H116O6. The van der Waals surface area contributed by atoms with Crippen LogP contribution in [0, 0.1) is 0 Å². The summed E-state index contributed by atoms with van der Waals surface area (Å²) in [5, 5.41) is 0. The summed E-state index contributed by atoms with van der Waals surface area (Å²) in [7, 11) is 0. The summed E-state index contributed by atoms with van der Waals surface area (Å²) in [6, 6.07) is 0. The van der Waals surface area contributed by atoms with Crippen LogP contribution in [-0.4, -0.2) is 37.2 Å². The van der Waals surface area contributed by atoms with E-state index in [1.54, 1.807) is 6.08 Å². The molecule has 432 valence electrons. The minimum atomic E-state index is -0.832. The minimum absolute atomic E-state index is 0.116. The molecule has 0 saturated heterocycles. The van der Waals surface area contributed by atoms with Gasteiger partial charge in [0.05, 0.1) is 6.42 Å². The van der Waals surface area contributed by atoms with Crippen molar-refractivity contribution in [2.75, 3.05) is 13.2 Å². The maximum atomic E-state index is 12.9. The maximum absolute atomic E-state index is 12.9. The predicted octanol–water partition coefficient (Wildman–Crippen LogP) is 21.6. The number of hydrogen-bond donors (Lipinski definition) is 0. The molecule has 0 saturated carbocycles. The normalized spacial score (nSPS) is 12.9. The lowest BCUT2D eigenvalue weighted by Crippen LogP contribution is -2.30. The molecule has 0 N–H and O–H groups in total. The van der Waals surface area contributed by atoms with Crippen molar-refractivity contribution in [1.82, 2.24) is 0 Å². The highest BCUT2D eigenvalue weighted by molar-refractivity contribution is 5.72. The summed E-state index contributed by atoms with van der Waals surface area (Å²) >= 11 is 0. The fourth-order valence-electron chi connectivity index (χ4n) is 8.60. The standard InChI is InChI=1S/C70H116O6/c1-4-7-10-13-16-19-22-25-28-30-32-34-36-37-39-42-45-48-51-54-57-60-63-69(72)75-66-67(65-74-68(71)62-59-56-53-50-47-44-41-27-24-21-18-15-12-9-6-3)76-70(73)64-61-58-55-52-49-46-43-40-38-35-33-31-29-26-23-20-17-14-11-8-5-2/h8-9,11-12,17-18,20-21,26-27,29,33,35,40-41,43,47,50,56,59,67H,4-7,10,13-16,19,22-25,28,30-32,34,36-39,42,44-46,48-49,51-55,57-58,60-66H2,1-3H3/b11-8-,12-9-,20-17-,21-18-,29-26-,35-33-,41-27-,43-40-,50-47-,59-56-. The molecule has 0 bridgehead atoms. The largest absolute Gasteiger partial charge is 0.462 e. The van der Waals surface area contributed by atoms with Crippen molar-refractivity contribution in [3.8, 4) is 0 Å². The second-order valence-electron chi connectivity index (χ2n) is 20.6. The number of carbonyl (C=O) groups excluding carboxylic acids is 3. The Morgan fingerprint density at radius 3 is 0.921 bits per heavy atom. The van der Waals surface area contributed by atoms with E-state index in [1.165, 1.54) is 122 Å². The molecule has 0 aromatic carbocycles. The van der Waals surface area contributed by atoms with E-state index in [-0.39, 0.29) is 38.0 Å². The first-order valence-electron chi connectivity index (χ1n) is 31.5. The van der Waals surface area contributed by atoms with Crippen LogP contribution in [0.15, 0.2) is 122 Å². The lowest BCUT2D eigenvalue weighted by molar-refractivity contribution is -0.166. The molecule has 0 rings (SSSR count). The molecule has 6 nitrogen and oxygen atoms in total. The molecule has 1 unspecified atom stereocenters. The van der Waals surface area contributed by atoms with Crippen LogP contribution in [0.25, 0.3) is 0 Å². The molecule has 0 aromatic heterocycles. The van der Waals surface area contributed by atoms with E-state index in [1.807, 2.05) is 6.08 Å². The van der Waals surface area contributed by atoms with Gasteiger partial charge in [-0.2, -0.15) is 0 Å². The summed E-state index contributed by atoms with van der Waals surface area (Å²) in [5.74, 6) is -1.06. The van der Waals surface area contributed by atoms with E-state index in [4.69, 9.17) is 14.2 Å². The number of hydrogen-bond acceptors (Lipinski definition) is 6. The molecule has 1 atom stereocenters. The highest BCUT2D eigenvalue weighted by Gasteiger charge is 2.19. The Bertz CT molecular complexity index is 1590. The Kier molecular flexibility index (Phi) is 59.9. The summed E-state index contributed by atoms with van der Waals surface area (Å²) in [4.78, 5) is 38.2. The van der Waals surface area contributed by atoms with E-state index in [0.29, 0.717) is 6.42 Å². The first-order chi connectivity index (χ1) is 37.5. The van der Waals surface area contributed by atoms with Gasteiger partial charge in [-0.1, -0.05) is 296 Å². The van der Waals surface area contributed by atoms with Gasteiger partial charge in [-0.05, 0) is 89.9 Å². The van der Waals surface area contributed by atoms with E-state index in [0.717, 1.165) is 122 Å². The number of carbonyl (C=O) groups is 3. The predicted molar refractivity (Wildman–Crippen MR) is 330 cm³/mol. The molecule has 0 aliphatic carbocycles. The molecule has 0 amide bonds. The van der Waals surface area contributed by atoms with Crippen molar-refractivity contribution in [3.63, 3.8) is 0 Å². The highest BCUT2D eigenvalue weighted by atomic mass is 16.6. The number of rotatable bonds is 56. The van der Waals surface area contributed by atoms with Crippen LogP contribution < -0.4 is 0 Å². The zero-order valence-electron chi connectivity index (χ0n) is 49.5. The molecule has 0 radical (unpaired) electrons. The smallest absolute Gasteiger partial charge is 0.309 e. The highest BCUT2D eigenvalue weighted by Crippen LogP contribution is 2.16. The van der Waals surface area contributed by atoms with Crippen molar-refractivity contribution in [3.05, 3.63) is 122 Å². The molecule has 0 heterocycles. The van der Waals surface area contributed by atoms with Crippen molar-refractivity contribution >= 4 is 17.9 Å². The Labute approximate surface area is 469 Å². The Balaban J connectivity index is 4.46. The summed E-state index contributed by atoms with van der Waals surface area (Å²) in [5.41, 5.74) is 0. The van der Waals surface area contributed by atoms with Gasteiger partial charge in [0.25, 0.3) is 0 Å². The molecule has 0 aromatic rings. The van der Waals surface area contributed by atoms with Crippen molar-refractivity contribution < 1.29 is 28.6 Å². The Morgan fingerprint density at radius 2 is 0.566 bits per heavy atom. The average Bonchev–Trinajstić information content (AvgIpc) is 3.42. The SMILES string of the molecule is CC/C=C\C/C=C\C/C=C\C/C=C\C/C=C\CCCCCCCC(=O)OC(COC(=O)C/C=C\C/C=C\C/C=C\C/C=C\C/C=C\CC)COC(=O)CCCCCCCCCCCCCCCCCCCCCCCC. The molecular weight excluding hydrogens is 937 g/mol. The van der Waals surface area contributed by atoms with Gasteiger partial charge >= 0.3 is 17.9 Å². The zero-order valence-corrected chi connectivity index (χ0v) is 49.5. The fourth-order valence-corrected chi connectivity index (χ4v) is 8.60. The van der Waals surface area contributed by atoms with Gasteiger partial charge in [0.1, 0.15) is 13.2 Å². The first-order valence-corrected chi connectivity index (χ1v) is 31.5. The topological polar surface area (TPSA) is 78.9 Å². The van der Waals surface area contributed by atoms with Crippen molar-refractivity contribution in [1.29, 1.82) is 0 Å². The number of allylic oxidation sites excluding steroid dienone is 19. The van der Waals surface area contributed by atoms with Gasteiger partial charge in [-0.15, -0.1) is 0 Å².